The summed E-state index contributed by atoms with van der Waals surface area (Å²) >= 11 is 0. The first kappa shape index (κ1) is 15.6. The minimum Gasteiger partial charge on any atom is -0.333 e. The van der Waals surface area contributed by atoms with E-state index in [-0.39, 0.29) is 5.91 Å². The maximum Gasteiger partial charge on any atom is 0.254 e. The second-order valence-electron chi connectivity index (χ2n) is 5.93. The number of carbonyl (C=O) groups excluding carboxylic acids is 1. The second kappa shape index (κ2) is 6.78. The molecule has 1 fully saturated rings. The minimum atomic E-state index is 0.120. The summed E-state index contributed by atoms with van der Waals surface area (Å²) < 4.78 is 0. The number of rotatable bonds is 1. The molecule has 1 aromatic carbocycles. The number of hydrogen-bond donors (Lipinski definition) is 1. The molecule has 0 spiro atoms. The number of benzene rings is 1. The van der Waals surface area contributed by atoms with Crippen molar-refractivity contribution in [1.82, 2.24) is 4.90 Å². The van der Waals surface area contributed by atoms with Crippen LogP contribution in [0.1, 0.15) is 54.6 Å². The van der Waals surface area contributed by atoms with Crippen LogP contribution in [0.3, 0.4) is 0 Å². The van der Waals surface area contributed by atoms with Crippen molar-refractivity contribution in [1.29, 1.82) is 0 Å². The van der Waals surface area contributed by atoms with Gasteiger partial charge in [0, 0.05) is 23.2 Å². The molecular weight excluding hydrogens is 260 g/mol. The summed E-state index contributed by atoms with van der Waals surface area (Å²) in [6.07, 6.45) is 3.37. The molecule has 3 nitrogen and oxygen atoms in total. The topological polar surface area (TPSA) is 46.3 Å². The van der Waals surface area contributed by atoms with Crippen LogP contribution >= 0.6 is 0 Å². The number of carbonyl (C=O) groups is 1. The Labute approximate surface area is 127 Å². The first-order chi connectivity index (χ1) is 10.0. The SMILES string of the molecule is Cc1cc(C#CCN)cc(C(=O)N2C(C)CCCC2C)c1. The molecule has 0 radical (unpaired) electrons. The van der Waals surface area contributed by atoms with Gasteiger partial charge in [-0.05, 0) is 63.8 Å². The van der Waals surface area contributed by atoms with Gasteiger partial charge in [-0.25, -0.2) is 0 Å². The van der Waals surface area contributed by atoms with Gasteiger partial charge in [0.1, 0.15) is 0 Å². The van der Waals surface area contributed by atoms with E-state index in [9.17, 15) is 4.79 Å². The largest absolute Gasteiger partial charge is 0.333 e. The molecule has 0 bridgehead atoms. The third kappa shape index (κ3) is 3.65. The molecule has 1 aromatic rings. The molecule has 112 valence electrons. The van der Waals surface area contributed by atoms with Gasteiger partial charge >= 0.3 is 0 Å². The molecule has 2 rings (SSSR count). The van der Waals surface area contributed by atoms with E-state index in [1.54, 1.807) is 0 Å². The van der Waals surface area contributed by atoms with E-state index in [4.69, 9.17) is 5.73 Å². The molecular formula is C18H24N2O. The van der Waals surface area contributed by atoms with E-state index in [1.165, 1.54) is 6.42 Å². The van der Waals surface area contributed by atoms with Crippen molar-refractivity contribution in [2.45, 2.75) is 52.1 Å². The van der Waals surface area contributed by atoms with Crippen LogP contribution in [0, 0.1) is 18.8 Å². The molecule has 2 N–H and O–H groups in total. The quantitative estimate of drug-likeness (QED) is 0.806. The van der Waals surface area contributed by atoms with E-state index in [0.717, 1.165) is 29.5 Å². The summed E-state index contributed by atoms with van der Waals surface area (Å²) in [7, 11) is 0. The smallest absolute Gasteiger partial charge is 0.254 e. The molecule has 2 unspecified atom stereocenters. The number of aryl methyl sites for hydroxylation is 1. The molecule has 1 amide bonds. The number of nitrogens with two attached hydrogens (primary N) is 1. The fraction of sp³-hybridized carbons (Fsp3) is 0.500. The van der Waals surface area contributed by atoms with Crippen LogP contribution in [0.15, 0.2) is 18.2 Å². The Hall–Kier alpha value is -1.79. The molecule has 21 heavy (non-hydrogen) atoms. The lowest BCUT2D eigenvalue weighted by Gasteiger charge is -2.39. The van der Waals surface area contributed by atoms with Crippen molar-refractivity contribution in [2.75, 3.05) is 6.54 Å². The Balaban J connectivity index is 2.32. The molecule has 1 saturated heterocycles. The van der Waals surface area contributed by atoms with Crippen LogP contribution in [0.25, 0.3) is 0 Å². The fourth-order valence-corrected chi connectivity index (χ4v) is 3.10. The lowest BCUT2D eigenvalue weighted by molar-refractivity contribution is 0.0510. The summed E-state index contributed by atoms with van der Waals surface area (Å²) in [5.41, 5.74) is 8.07. The van der Waals surface area contributed by atoms with Gasteiger partial charge in [0.15, 0.2) is 0 Å². The van der Waals surface area contributed by atoms with Gasteiger partial charge in [0.2, 0.25) is 0 Å². The van der Waals surface area contributed by atoms with E-state index in [1.807, 2.05) is 30.0 Å². The zero-order valence-electron chi connectivity index (χ0n) is 13.1. The zero-order valence-corrected chi connectivity index (χ0v) is 13.1. The van der Waals surface area contributed by atoms with Crippen LogP contribution in [0.2, 0.25) is 0 Å². The normalized spacial score (nSPS) is 21.6. The average Bonchev–Trinajstić information content (AvgIpc) is 2.44. The van der Waals surface area contributed by atoms with Gasteiger partial charge < -0.3 is 10.6 Å². The van der Waals surface area contributed by atoms with Crippen molar-refractivity contribution in [3.8, 4) is 11.8 Å². The zero-order chi connectivity index (χ0) is 15.4. The lowest BCUT2D eigenvalue weighted by atomic mass is 9.95. The third-order valence-electron chi connectivity index (χ3n) is 4.09. The molecule has 1 aliphatic heterocycles. The van der Waals surface area contributed by atoms with Crippen LogP contribution < -0.4 is 5.73 Å². The minimum absolute atomic E-state index is 0.120. The Morgan fingerprint density at radius 1 is 1.29 bits per heavy atom. The molecule has 1 aliphatic rings. The summed E-state index contributed by atoms with van der Waals surface area (Å²) in [4.78, 5) is 14.9. The molecule has 3 heteroatoms. The van der Waals surface area contributed by atoms with Crippen molar-refractivity contribution in [3.63, 3.8) is 0 Å². The highest BCUT2D eigenvalue weighted by molar-refractivity contribution is 5.95. The summed E-state index contributed by atoms with van der Waals surface area (Å²) in [6, 6.07) is 6.43. The number of likely N-dealkylation sites (tertiary alicyclic amines) is 1. The summed E-state index contributed by atoms with van der Waals surface area (Å²) in [5.74, 6) is 5.99. The highest BCUT2D eigenvalue weighted by atomic mass is 16.2. The van der Waals surface area contributed by atoms with Crippen LogP contribution in [-0.4, -0.2) is 29.4 Å². The summed E-state index contributed by atoms with van der Waals surface area (Å²) in [5, 5.41) is 0. The van der Waals surface area contributed by atoms with E-state index >= 15 is 0 Å². The highest BCUT2D eigenvalue weighted by Gasteiger charge is 2.29. The molecule has 1 heterocycles. The van der Waals surface area contributed by atoms with Crippen molar-refractivity contribution >= 4 is 5.91 Å². The molecule has 0 saturated carbocycles. The predicted molar refractivity (Wildman–Crippen MR) is 86.1 cm³/mol. The lowest BCUT2D eigenvalue weighted by Crippen LogP contribution is -2.47. The first-order valence-electron chi connectivity index (χ1n) is 7.66. The third-order valence-corrected chi connectivity index (χ3v) is 4.09. The maximum atomic E-state index is 12.9. The van der Waals surface area contributed by atoms with Gasteiger partial charge in [-0.1, -0.05) is 11.8 Å². The predicted octanol–water partition coefficient (Wildman–Crippen LogP) is 2.71. The average molecular weight is 284 g/mol. The van der Waals surface area contributed by atoms with Gasteiger partial charge in [-0.15, -0.1) is 0 Å². The fourth-order valence-electron chi connectivity index (χ4n) is 3.10. The number of nitrogens with zero attached hydrogens (tertiary/aromatic N) is 1. The monoisotopic (exact) mass is 284 g/mol. The summed E-state index contributed by atoms with van der Waals surface area (Å²) in [6.45, 7) is 6.60. The van der Waals surface area contributed by atoms with Gasteiger partial charge in [0.05, 0.1) is 6.54 Å². The van der Waals surface area contributed by atoms with E-state index in [2.05, 4.69) is 25.7 Å². The number of hydrogen-bond acceptors (Lipinski definition) is 2. The van der Waals surface area contributed by atoms with E-state index < -0.39 is 0 Å². The number of amides is 1. The van der Waals surface area contributed by atoms with Crippen molar-refractivity contribution in [3.05, 3.63) is 34.9 Å². The Morgan fingerprint density at radius 2 is 1.95 bits per heavy atom. The maximum absolute atomic E-state index is 12.9. The van der Waals surface area contributed by atoms with Gasteiger partial charge in [-0.3, -0.25) is 4.79 Å². The standard InChI is InChI=1S/C18H24N2O/c1-13-10-16(8-5-9-19)12-17(11-13)18(21)20-14(2)6-4-7-15(20)3/h10-12,14-15H,4,6-7,9,19H2,1-3H3. The molecule has 2 atom stereocenters. The molecule has 0 aliphatic carbocycles. The first-order valence-corrected chi connectivity index (χ1v) is 7.66. The van der Waals surface area contributed by atoms with Crippen molar-refractivity contribution in [2.24, 2.45) is 5.73 Å². The Kier molecular flexibility index (Phi) is 5.03. The van der Waals surface area contributed by atoms with Crippen molar-refractivity contribution < 1.29 is 4.79 Å². The van der Waals surface area contributed by atoms with Crippen LogP contribution in [-0.2, 0) is 0 Å². The van der Waals surface area contributed by atoms with Gasteiger partial charge in [-0.2, -0.15) is 0 Å². The van der Waals surface area contributed by atoms with Crippen LogP contribution in [0.4, 0.5) is 0 Å². The van der Waals surface area contributed by atoms with E-state index in [0.29, 0.717) is 18.6 Å². The highest BCUT2D eigenvalue weighted by Crippen LogP contribution is 2.25. The Bertz CT molecular complexity index is 573. The Morgan fingerprint density at radius 3 is 2.57 bits per heavy atom. The second-order valence-corrected chi connectivity index (χ2v) is 5.93. The number of piperidine rings is 1. The van der Waals surface area contributed by atoms with Crippen LogP contribution in [0.5, 0.6) is 0 Å². The van der Waals surface area contributed by atoms with Gasteiger partial charge in [0.25, 0.3) is 5.91 Å². The molecule has 0 aromatic heterocycles.